The van der Waals surface area contributed by atoms with Crippen molar-refractivity contribution in [2.24, 2.45) is 0 Å². The third-order valence-electron chi connectivity index (χ3n) is 4.42. The molecule has 6 nitrogen and oxygen atoms in total. The highest BCUT2D eigenvalue weighted by molar-refractivity contribution is 6.03. The first-order valence-corrected chi connectivity index (χ1v) is 8.17. The smallest absolute Gasteiger partial charge is 0.275 e. The highest BCUT2D eigenvalue weighted by Crippen LogP contribution is 2.20. The van der Waals surface area contributed by atoms with Gasteiger partial charge in [-0.05, 0) is 32.0 Å². The zero-order valence-corrected chi connectivity index (χ0v) is 14.4. The minimum atomic E-state index is -0.232. The van der Waals surface area contributed by atoms with Gasteiger partial charge in [-0.15, -0.1) is 0 Å². The second kappa shape index (κ2) is 6.97. The van der Waals surface area contributed by atoms with E-state index in [-0.39, 0.29) is 5.91 Å². The second-order valence-electron chi connectivity index (χ2n) is 6.27. The minimum absolute atomic E-state index is 0.232. The Morgan fingerprint density at radius 2 is 1.71 bits per heavy atom. The van der Waals surface area contributed by atoms with Crippen molar-refractivity contribution in [3.05, 3.63) is 47.4 Å². The second-order valence-corrected chi connectivity index (χ2v) is 6.27. The number of aryl methyl sites for hydroxylation is 2. The van der Waals surface area contributed by atoms with Crippen molar-refractivity contribution in [2.45, 2.75) is 13.8 Å². The summed E-state index contributed by atoms with van der Waals surface area (Å²) in [4.78, 5) is 25.6. The molecule has 0 aliphatic carbocycles. The first-order chi connectivity index (χ1) is 11.5. The van der Waals surface area contributed by atoms with Crippen LogP contribution in [0.2, 0.25) is 0 Å². The van der Waals surface area contributed by atoms with Crippen LogP contribution in [0.4, 0.5) is 11.5 Å². The van der Waals surface area contributed by atoms with Crippen LogP contribution in [-0.4, -0.2) is 54.0 Å². The summed E-state index contributed by atoms with van der Waals surface area (Å²) < 4.78 is 0. The zero-order chi connectivity index (χ0) is 17.1. The number of carbonyl (C=O) groups is 1. The summed E-state index contributed by atoms with van der Waals surface area (Å²) in [6.45, 7) is 7.83. The van der Waals surface area contributed by atoms with Crippen LogP contribution in [-0.2, 0) is 0 Å². The van der Waals surface area contributed by atoms with E-state index < -0.39 is 0 Å². The molecule has 3 rings (SSSR count). The van der Waals surface area contributed by atoms with Crippen LogP contribution in [0.15, 0.2) is 30.6 Å². The normalized spacial score (nSPS) is 15.4. The van der Waals surface area contributed by atoms with Gasteiger partial charge in [0.2, 0.25) is 0 Å². The summed E-state index contributed by atoms with van der Waals surface area (Å²) in [6.07, 6.45) is 3.24. The number of benzene rings is 1. The highest BCUT2D eigenvalue weighted by atomic mass is 16.1. The number of para-hydroxylation sites is 1. The number of carbonyl (C=O) groups excluding carboxylic acids is 1. The first kappa shape index (κ1) is 16.4. The van der Waals surface area contributed by atoms with Crippen LogP contribution in [0.1, 0.15) is 21.6 Å². The topological polar surface area (TPSA) is 61.4 Å². The maximum absolute atomic E-state index is 12.4. The molecule has 1 aromatic carbocycles. The zero-order valence-electron chi connectivity index (χ0n) is 14.4. The maximum Gasteiger partial charge on any atom is 0.275 e. The SMILES string of the molecule is Cc1cccc(C)c1NC(=O)c1cnc(N2CCN(C)CC2)cn1. The Morgan fingerprint density at radius 3 is 2.29 bits per heavy atom. The molecule has 1 N–H and O–H groups in total. The third-order valence-corrected chi connectivity index (χ3v) is 4.42. The number of amides is 1. The van der Waals surface area contributed by atoms with Crippen molar-refractivity contribution in [3.63, 3.8) is 0 Å². The summed E-state index contributed by atoms with van der Waals surface area (Å²) in [6, 6.07) is 5.93. The largest absolute Gasteiger partial charge is 0.353 e. The number of nitrogens with zero attached hydrogens (tertiary/aromatic N) is 4. The van der Waals surface area contributed by atoms with Gasteiger partial charge in [-0.1, -0.05) is 18.2 Å². The van der Waals surface area contributed by atoms with Gasteiger partial charge in [0, 0.05) is 31.9 Å². The fourth-order valence-electron chi connectivity index (χ4n) is 2.83. The van der Waals surface area contributed by atoms with Crippen molar-refractivity contribution in [1.29, 1.82) is 0 Å². The van der Waals surface area contributed by atoms with Crippen LogP contribution >= 0.6 is 0 Å². The molecule has 2 aromatic rings. The lowest BCUT2D eigenvalue weighted by Gasteiger charge is -2.32. The van der Waals surface area contributed by atoms with E-state index in [0.29, 0.717) is 5.69 Å². The Bertz CT molecular complexity index is 700. The standard InChI is InChI=1S/C18H23N5O/c1-13-5-4-6-14(2)17(13)21-18(24)15-11-20-16(12-19-15)23-9-7-22(3)8-10-23/h4-6,11-12H,7-10H2,1-3H3,(H,21,24). The van der Waals surface area contributed by atoms with Crippen LogP contribution in [0.25, 0.3) is 0 Å². The summed E-state index contributed by atoms with van der Waals surface area (Å²) in [5, 5.41) is 2.94. The van der Waals surface area contributed by atoms with E-state index in [2.05, 4.69) is 32.1 Å². The monoisotopic (exact) mass is 325 g/mol. The van der Waals surface area contributed by atoms with Gasteiger partial charge in [0.05, 0.1) is 12.4 Å². The Morgan fingerprint density at radius 1 is 1.04 bits per heavy atom. The van der Waals surface area contributed by atoms with Gasteiger partial charge in [-0.3, -0.25) is 4.79 Å². The molecule has 24 heavy (non-hydrogen) atoms. The third kappa shape index (κ3) is 3.54. The van der Waals surface area contributed by atoms with E-state index >= 15 is 0 Å². The van der Waals surface area contributed by atoms with E-state index in [1.807, 2.05) is 32.0 Å². The predicted octanol–water partition coefficient (Wildman–Crippen LogP) is 2.10. The number of likely N-dealkylation sites (N-methyl/N-ethyl adjacent to an activating group) is 1. The van der Waals surface area contributed by atoms with Crippen molar-refractivity contribution in [1.82, 2.24) is 14.9 Å². The lowest BCUT2D eigenvalue weighted by atomic mass is 10.1. The molecule has 1 aliphatic rings. The van der Waals surface area contributed by atoms with Crippen LogP contribution < -0.4 is 10.2 Å². The molecule has 0 bridgehead atoms. The number of rotatable bonds is 3. The van der Waals surface area contributed by atoms with Gasteiger partial charge < -0.3 is 15.1 Å². The van der Waals surface area contributed by atoms with Crippen molar-refractivity contribution in [2.75, 3.05) is 43.4 Å². The molecule has 2 heterocycles. The number of hydrogen-bond donors (Lipinski definition) is 1. The molecule has 0 atom stereocenters. The number of aromatic nitrogens is 2. The highest BCUT2D eigenvalue weighted by Gasteiger charge is 2.17. The van der Waals surface area contributed by atoms with Gasteiger partial charge in [0.1, 0.15) is 11.5 Å². The number of piperazine rings is 1. The average Bonchev–Trinajstić information content (AvgIpc) is 2.59. The Balaban J connectivity index is 1.70. The molecular weight excluding hydrogens is 302 g/mol. The van der Waals surface area contributed by atoms with Gasteiger partial charge >= 0.3 is 0 Å². The van der Waals surface area contributed by atoms with Gasteiger partial charge in [0.15, 0.2) is 0 Å². The van der Waals surface area contributed by atoms with Crippen LogP contribution in [0.3, 0.4) is 0 Å². The molecule has 1 saturated heterocycles. The lowest BCUT2D eigenvalue weighted by Crippen LogP contribution is -2.44. The summed E-state index contributed by atoms with van der Waals surface area (Å²) in [5.74, 6) is 0.594. The molecule has 1 aliphatic heterocycles. The molecule has 0 radical (unpaired) electrons. The molecule has 126 valence electrons. The van der Waals surface area contributed by atoms with Crippen LogP contribution in [0.5, 0.6) is 0 Å². The molecule has 6 heteroatoms. The number of anilines is 2. The van der Waals surface area contributed by atoms with Gasteiger partial charge in [0.25, 0.3) is 5.91 Å². The molecule has 1 fully saturated rings. The fraction of sp³-hybridized carbons (Fsp3) is 0.389. The molecule has 0 spiro atoms. The molecule has 1 aromatic heterocycles. The summed E-state index contributed by atoms with van der Waals surface area (Å²) in [7, 11) is 2.12. The molecule has 0 unspecified atom stereocenters. The first-order valence-electron chi connectivity index (χ1n) is 8.17. The minimum Gasteiger partial charge on any atom is -0.353 e. The van der Waals surface area contributed by atoms with E-state index in [9.17, 15) is 4.79 Å². The predicted molar refractivity (Wildman–Crippen MR) is 95.6 cm³/mol. The van der Waals surface area contributed by atoms with E-state index in [1.54, 1.807) is 12.4 Å². The Labute approximate surface area is 142 Å². The van der Waals surface area contributed by atoms with Crippen molar-refractivity contribution < 1.29 is 4.79 Å². The lowest BCUT2D eigenvalue weighted by molar-refractivity contribution is 0.102. The van der Waals surface area contributed by atoms with E-state index in [0.717, 1.165) is 48.8 Å². The Hall–Kier alpha value is -2.47. The van der Waals surface area contributed by atoms with Gasteiger partial charge in [-0.2, -0.15) is 0 Å². The fourth-order valence-corrected chi connectivity index (χ4v) is 2.83. The molecular formula is C18H23N5O. The maximum atomic E-state index is 12.4. The van der Waals surface area contributed by atoms with Gasteiger partial charge in [-0.25, -0.2) is 9.97 Å². The molecule has 1 amide bonds. The molecule has 0 saturated carbocycles. The average molecular weight is 325 g/mol. The van der Waals surface area contributed by atoms with Crippen LogP contribution in [0, 0.1) is 13.8 Å². The Kier molecular flexibility index (Phi) is 4.76. The quantitative estimate of drug-likeness (QED) is 0.936. The van der Waals surface area contributed by atoms with E-state index in [1.165, 1.54) is 0 Å². The van der Waals surface area contributed by atoms with Crippen molar-refractivity contribution >= 4 is 17.4 Å². The van der Waals surface area contributed by atoms with E-state index in [4.69, 9.17) is 0 Å². The van der Waals surface area contributed by atoms with Crippen molar-refractivity contribution in [3.8, 4) is 0 Å². The number of nitrogens with one attached hydrogen (secondary N) is 1. The number of hydrogen-bond acceptors (Lipinski definition) is 5. The summed E-state index contributed by atoms with van der Waals surface area (Å²) in [5.41, 5.74) is 3.23. The summed E-state index contributed by atoms with van der Waals surface area (Å²) >= 11 is 0.